The second-order valence-electron chi connectivity index (χ2n) is 6.93. The lowest BCUT2D eigenvalue weighted by atomic mass is 9.96. The maximum Gasteiger partial charge on any atom is 0.263 e. The van der Waals surface area contributed by atoms with E-state index in [1.54, 1.807) is 25.1 Å². The van der Waals surface area contributed by atoms with E-state index in [0.717, 1.165) is 29.8 Å². The Morgan fingerprint density at radius 1 is 1.18 bits per heavy atom. The number of amides is 1. The number of benzene rings is 2. The average Bonchev–Trinajstić information content (AvgIpc) is 3.15. The molecule has 3 aromatic rings. The van der Waals surface area contributed by atoms with Gasteiger partial charge in [0.25, 0.3) is 5.91 Å². The van der Waals surface area contributed by atoms with Crippen molar-refractivity contribution in [2.24, 2.45) is 0 Å². The smallest absolute Gasteiger partial charge is 0.263 e. The number of para-hydroxylation sites is 2. The standard InChI is InChI=1S/C21H20Cl2N2O3/c1-13(27-18-8-4-5-15(22)19(18)23)21(26)25-11-9-14(10-12-25)20-24-16-6-2-3-7-17(16)28-20/h2-8,13-14H,9-12H2,1H3. The summed E-state index contributed by atoms with van der Waals surface area (Å²) >= 11 is 12.2. The molecule has 0 radical (unpaired) electrons. The van der Waals surface area contributed by atoms with Gasteiger partial charge in [-0.1, -0.05) is 41.4 Å². The van der Waals surface area contributed by atoms with Crippen LogP contribution in [0.2, 0.25) is 10.0 Å². The van der Waals surface area contributed by atoms with Crippen LogP contribution in [0.15, 0.2) is 46.9 Å². The second kappa shape index (κ2) is 8.02. The van der Waals surface area contributed by atoms with Gasteiger partial charge in [0.05, 0.1) is 5.02 Å². The Morgan fingerprint density at radius 2 is 1.93 bits per heavy atom. The SMILES string of the molecule is CC(Oc1cccc(Cl)c1Cl)C(=O)N1CCC(c2nc3ccccc3o2)CC1. The Labute approximate surface area is 173 Å². The Balaban J connectivity index is 1.37. The van der Waals surface area contributed by atoms with Gasteiger partial charge in [0.1, 0.15) is 16.3 Å². The predicted molar refractivity (Wildman–Crippen MR) is 109 cm³/mol. The van der Waals surface area contributed by atoms with E-state index >= 15 is 0 Å². The number of halogens is 2. The number of aromatic nitrogens is 1. The number of rotatable bonds is 4. The molecule has 146 valence electrons. The number of oxazole rings is 1. The molecule has 1 fully saturated rings. The van der Waals surface area contributed by atoms with E-state index in [1.807, 2.05) is 29.2 Å². The van der Waals surface area contributed by atoms with Crippen molar-refractivity contribution >= 4 is 40.2 Å². The summed E-state index contributed by atoms with van der Waals surface area (Å²) in [5.74, 6) is 1.32. The number of piperidine rings is 1. The second-order valence-corrected chi connectivity index (χ2v) is 7.72. The van der Waals surface area contributed by atoms with Crippen LogP contribution in [0.3, 0.4) is 0 Å². The predicted octanol–water partition coefficient (Wildman–Crippen LogP) is 5.31. The summed E-state index contributed by atoms with van der Waals surface area (Å²) in [6.07, 6.45) is 0.976. The van der Waals surface area contributed by atoms with Crippen LogP contribution in [-0.2, 0) is 4.79 Å². The van der Waals surface area contributed by atoms with E-state index in [9.17, 15) is 4.79 Å². The summed E-state index contributed by atoms with van der Waals surface area (Å²) in [6.45, 7) is 3.00. The Morgan fingerprint density at radius 3 is 2.68 bits per heavy atom. The molecule has 1 saturated heterocycles. The van der Waals surface area contributed by atoms with E-state index in [4.69, 9.17) is 32.4 Å². The lowest BCUT2D eigenvalue weighted by molar-refractivity contribution is -0.139. The molecular formula is C21H20Cl2N2O3. The van der Waals surface area contributed by atoms with Crippen molar-refractivity contribution in [1.82, 2.24) is 9.88 Å². The summed E-state index contributed by atoms with van der Waals surface area (Å²) in [5.41, 5.74) is 1.67. The van der Waals surface area contributed by atoms with Gasteiger partial charge in [0.15, 0.2) is 17.6 Å². The molecule has 0 bridgehead atoms. The van der Waals surface area contributed by atoms with E-state index in [-0.39, 0.29) is 11.8 Å². The highest BCUT2D eigenvalue weighted by Gasteiger charge is 2.30. The topological polar surface area (TPSA) is 55.6 Å². The third kappa shape index (κ3) is 3.82. The largest absolute Gasteiger partial charge is 0.479 e. The molecule has 2 aromatic carbocycles. The fourth-order valence-electron chi connectivity index (χ4n) is 3.48. The Kier molecular flexibility index (Phi) is 5.47. The van der Waals surface area contributed by atoms with Gasteiger partial charge in [-0.25, -0.2) is 4.98 Å². The zero-order valence-electron chi connectivity index (χ0n) is 15.4. The highest BCUT2D eigenvalue weighted by atomic mass is 35.5. The van der Waals surface area contributed by atoms with E-state index in [1.165, 1.54) is 0 Å². The fraction of sp³-hybridized carbons (Fsp3) is 0.333. The van der Waals surface area contributed by atoms with Crippen LogP contribution in [0.5, 0.6) is 5.75 Å². The Bertz CT molecular complexity index is 963. The van der Waals surface area contributed by atoms with Crippen LogP contribution >= 0.6 is 23.2 Å². The fourth-order valence-corrected chi connectivity index (χ4v) is 3.82. The maximum atomic E-state index is 12.8. The molecule has 0 saturated carbocycles. The Hall–Kier alpha value is -2.24. The van der Waals surface area contributed by atoms with Gasteiger partial charge >= 0.3 is 0 Å². The van der Waals surface area contributed by atoms with Crippen LogP contribution in [0.25, 0.3) is 11.1 Å². The molecule has 0 spiro atoms. The van der Waals surface area contributed by atoms with Crippen molar-refractivity contribution in [1.29, 1.82) is 0 Å². The number of likely N-dealkylation sites (tertiary alicyclic amines) is 1. The average molecular weight is 419 g/mol. The zero-order valence-corrected chi connectivity index (χ0v) is 16.9. The number of hydrogen-bond donors (Lipinski definition) is 0. The van der Waals surface area contributed by atoms with Gasteiger partial charge in [-0.3, -0.25) is 4.79 Å². The van der Waals surface area contributed by atoms with Gasteiger partial charge in [0.2, 0.25) is 0 Å². The summed E-state index contributed by atoms with van der Waals surface area (Å²) < 4.78 is 11.6. The molecule has 1 aliphatic heterocycles. The quantitative estimate of drug-likeness (QED) is 0.575. The van der Waals surface area contributed by atoms with Crippen LogP contribution in [0, 0.1) is 0 Å². The molecule has 1 amide bonds. The van der Waals surface area contributed by atoms with Crippen molar-refractivity contribution in [2.45, 2.75) is 31.8 Å². The van der Waals surface area contributed by atoms with Crippen molar-refractivity contribution in [3.8, 4) is 5.75 Å². The van der Waals surface area contributed by atoms with Crippen LogP contribution < -0.4 is 4.74 Å². The van der Waals surface area contributed by atoms with Gasteiger partial charge in [-0.15, -0.1) is 0 Å². The van der Waals surface area contributed by atoms with Crippen molar-refractivity contribution < 1.29 is 13.9 Å². The maximum absolute atomic E-state index is 12.8. The lowest BCUT2D eigenvalue weighted by Crippen LogP contribution is -2.44. The summed E-state index contributed by atoms with van der Waals surface area (Å²) in [7, 11) is 0. The van der Waals surface area contributed by atoms with E-state index in [0.29, 0.717) is 28.9 Å². The molecule has 28 heavy (non-hydrogen) atoms. The first-order valence-corrected chi connectivity index (χ1v) is 10.0. The van der Waals surface area contributed by atoms with Crippen LogP contribution in [0.4, 0.5) is 0 Å². The number of carbonyl (C=O) groups is 1. The zero-order chi connectivity index (χ0) is 19.7. The van der Waals surface area contributed by atoms with Gasteiger partial charge in [-0.2, -0.15) is 0 Å². The monoisotopic (exact) mass is 418 g/mol. The van der Waals surface area contributed by atoms with Crippen LogP contribution in [0.1, 0.15) is 31.6 Å². The molecule has 1 atom stereocenters. The normalized spacial score (nSPS) is 16.3. The molecule has 7 heteroatoms. The van der Waals surface area contributed by atoms with Gasteiger partial charge in [0, 0.05) is 19.0 Å². The first kappa shape index (κ1) is 19.1. The highest BCUT2D eigenvalue weighted by Crippen LogP contribution is 2.33. The number of ether oxygens (including phenoxy) is 1. The molecular weight excluding hydrogens is 399 g/mol. The minimum Gasteiger partial charge on any atom is -0.479 e. The summed E-state index contributed by atoms with van der Waals surface area (Å²) in [6, 6.07) is 12.9. The van der Waals surface area contributed by atoms with E-state index < -0.39 is 6.10 Å². The molecule has 5 nitrogen and oxygen atoms in total. The molecule has 0 aliphatic carbocycles. The third-order valence-corrected chi connectivity index (χ3v) is 5.84. The molecule has 1 unspecified atom stereocenters. The number of nitrogens with zero attached hydrogens (tertiary/aromatic N) is 2. The highest BCUT2D eigenvalue weighted by molar-refractivity contribution is 6.42. The molecule has 2 heterocycles. The number of carbonyl (C=O) groups excluding carboxylic acids is 1. The van der Waals surface area contributed by atoms with Crippen LogP contribution in [-0.4, -0.2) is 35.0 Å². The van der Waals surface area contributed by atoms with Gasteiger partial charge in [-0.05, 0) is 44.0 Å². The molecule has 1 aliphatic rings. The first-order valence-electron chi connectivity index (χ1n) is 9.28. The van der Waals surface area contributed by atoms with Crippen molar-refractivity contribution in [3.05, 3.63) is 58.4 Å². The third-order valence-electron chi connectivity index (χ3n) is 5.03. The summed E-state index contributed by atoms with van der Waals surface area (Å²) in [5, 5.41) is 0.719. The lowest BCUT2D eigenvalue weighted by Gasteiger charge is -2.32. The molecule has 4 rings (SSSR count). The minimum atomic E-state index is -0.642. The first-order chi connectivity index (χ1) is 13.5. The van der Waals surface area contributed by atoms with E-state index in [2.05, 4.69) is 4.98 Å². The minimum absolute atomic E-state index is 0.0629. The van der Waals surface area contributed by atoms with Crippen molar-refractivity contribution in [2.75, 3.05) is 13.1 Å². The number of hydrogen-bond acceptors (Lipinski definition) is 4. The van der Waals surface area contributed by atoms with Crippen molar-refractivity contribution in [3.63, 3.8) is 0 Å². The summed E-state index contributed by atoms with van der Waals surface area (Å²) in [4.78, 5) is 19.2. The van der Waals surface area contributed by atoms with Gasteiger partial charge < -0.3 is 14.1 Å². The number of fused-ring (bicyclic) bond motifs is 1. The molecule has 0 N–H and O–H groups in total. The molecule has 1 aromatic heterocycles.